The third kappa shape index (κ3) is 4.74. The number of benzene rings is 1. The van der Waals surface area contributed by atoms with Gasteiger partial charge in [0.1, 0.15) is 17.6 Å². The summed E-state index contributed by atoms with van der Waals surface area (Å²) in [5.74, 6) is 2.02. The van der Waals surface area contributed by atoms with Crippen molar-refractivity contribution in [3.05, 3.63) is 41.7 Å². The number of nitrogens with one attached hydrogen (secondary N) is 1. The summed E-state index contributed by atoms with van der Waals surface area (Å²) in [6.07, 6.45) is 1.03. The SMILES string of the molecule is CCC1CN(CCNC(=O)c2ccc(OC)o2)Cc2cc(OC)ccc2O1. The summed E-state index contributed by atoms with van der Waals surface area (Å²) >= 11 is 0. The second kappa shape index (κ2) is 8.81. The second-order valence-electron chi connectivity index (χ2n) is 6.44. The van der Waals surface area contributed by atoms with Gasteiger partial charge in [0.15, 0.2) is 5.76 Å². The molecule has 7 nitrogen and oxygen atoms in total. The van der Waals surface area contributed by atoms with Crippen molar-refractivity contribution >= 4 is 5.91 Å². The van der Waals surface area contributed by atoms with Gasteiger partial charge in [-0.25, -0.2) is 0 Å². The zero-order valence-electron chi connectivity index (χ0n) is 16.0. The fourth-order valence-electron chi connectivity index (χ4n) is 3.08. The highest BCUT2D eigenvalue weighted by molar-refractivity contribution is 5.91. The van der Waals surface area contributed by atoms with Gasteiger partial charge in [-0.3, -0.25) is 9.69 Å². The summed E-state index contributed by atoms with van der Waals surface area (Å²) in [5.41, 5.74) is 1.09. The van der Waals surface area contributed by atoms with E-state index in [0.717, 1.165) is 36.6 Å². The predicted molar refractivity (Wildman–Crippen MR) is 101 cm³/mol. The third-order valence-electron chi connectivity index (χ3n) is 4.59. The van der Waals surface area contributed by atoms with E-state index in [0.29, 0.717) is 19.0 Å². The Bertz CT molecular complexity index is 773. The lowest BCUT2D eigenvalue weighted by molar-refractivity contribution is 0.0909. The van der Waals surface area contributed by atoms with Crippen LogP contribution in [0.4, 0.5) is 0 Å². The summed E-state index contributed by atoms with van der Waals surface area (Å²) < 4.78 is 21.7. The number of fused-ring (bicyclic) bond motifs is 1. The van der Waals surface area contributed by atoms with Crippen molar-refractivity contribution in [2.75, 3.05) is 33.9 Å². The number of furan rings is 1. The zero-order valence-corrected chi connectivity index (χ0v) is 16.0. The van der Waals surface area contributed by atoms with Crippen molar-refractivity contribution < 1.29 is 23.4 Å². The van der Waals surface area contributed by atoms with E-state index < -0.39 is 0 Å². The Balaban J connectivity index is 1.60. The fraction of sp³-hybridized carbons (Fsp3) is 0.450. The molecule has 1 atom stereocenters. The first kappa shape index (κ1) is 19.1. The number of methoxy groups -OCH3 is 2. The number of ether oxygens (including phenoxy) is 3. The number of rotatable bonds is 7. The number of nitrogens with zero attached hydrogens (tertiary/aromatic N) is 1. The molecule has 1 aromatic carbocycles. The molecule has 1 aromatic heterocycles. The first-order valence-electron chi connectivity index (χ1n) is 9.11. The fourth-order valence-corrected chi connectivity index (χ4v) is 3.08. The maximum absolute atomic E-state index is 12.2. The number of carbonyl (C=O) groups is 1. The van der Waals surface area contributed by atoms with Crippen LogP contribution in [0.3, 0.4) is 0 Å². The second-order valence-corrected chi connectivity index (χ2v) is 6.44. The molecule has 0 radical (unpaired) electrons. The van der Waals surface area contributed by atoms with Crippen LogP contribution in [0.25, 0.3) is 0 Å². The van der Waals surface area contributed by atoms with Crippen LogP contribution in [-0.4, -0.2) is 50.8 Å². The Morgan fingerprint density at radius 3 is 2.81 bits per heavy atom. The molecule has 2 heterocycles. The minimum Gasteiger partial charge on any atom is -0.497 e. The zero-order chi connectivity index (χ0) is 19.2. The standard InChI is InChI=1S/C20H26N2O5/c1-4-15-13-22(12-14-11-16(24-2)5-6-17(14)26-15)10-9-21-20(23)18-7-8-19(25-3)27-18/h5-8,11,15H,4,9-10,12-13H2,1-3H3,(H,21,23). The minimum atomic E-state index is -0.251. The van der Waals surface area contributed by atoms with E-state index in [2.05, 4.69) is 17.1 Å². The normalized spacial score (nSPS) is 16.8. The molecule has 1 unspecified atom stereocenters. The van der Waals surface area contributed by atoms with Crippen molar-refractivity contribution in [1.29, 1.82) is 0 Å². The van der Waals surface area contributed by atoms with E-state index in [-0.39, 0.29) is 17.8 Å². The first-order chi connectivity index (χ1) is 13.1. The molecule has 1 aliphatic heterocycles. The molecule has 0 spiro atoms. The molecule has 1 amide bonds. The Kier molecular flexibility index (Phi) is 6.24. The van der Waals surface area contributed by atoms with Gasteiger partial charge in [-0.1, -0.05) is 6.92 Å². The summed E-state index contributed by atoms with van der Waals surface area (Å²) in [7, 11) is 3.16. The van der Waals surface area contributed by atoms with E-state index in [1.807, 2.05) is 18.2 Å². The van der Waals surface area contributed by atoms with Crippen molar-refractivity contribution in [1.82, 2.24) is 10.2 Å². The highest BCUT2D eigenvalue weighted by Gasteiger charge is 2.22. The Labute approximate surface area is 159 Å². The summed E-state index contributed by atoms with van der Waals surface area (Å²) in [5, 5.41) is 2.89. The van der Waals surface area contributed by atoms with Crippen LogP contribution in [-0.2, 0) is 6.54 Å². The largest absolute Gasteiger partial charge is 0.497 e. The molecular weight excluding hydrogens is 348 g/mol. The van der Waals surface area contributed by atoms with E-state index in [4.69, 9.17) is 18.6 Å². The quantitative estimate of drug-likeness (QED) is 0.803. The number of hydrogen-bond donors (Lipinski definition) is 1. The van der Waals surface area contributed by atoms with E-state index >= 15 is 0 Å². The number of hydrogen-bond acceptors (Lipinski definition) is 6. The van der Waals surface area contributed by atoms with Crippen molar-refractivity contribution in [2.45, 2.75) is 26.0 Å². The molecule has 0 aliphatic carbocycles. The Hall–Kier alpha value is -2.67. The molecule has 0 fully saturated rings. The molecule has 7 heteroatoms. The molecule has 2 aromatic rings. The maximum Gasteiger partial charge on any atom is 0.287 e. The van der Waals surface area contributed by atoms with Gasteiger partial charge in [-0.2, -0.15) is 0 Å². The number of amides is 1. The monoisotopic (exact) mass is 374 g/mol. The van der Waals surface area contributed by atoms with Crippen LogP contribution < -0.4 is 19.5 Å². The summed E-state index contributed by atoms with van der Waals surface area (Å²) in [6.45, 7) is 4.88. The lowest BCUT2D eigenvalue weighted by Gasteiger charge is -2.23. The van der Waals surface area contributed by atoms with Crippen molar-refractivity contribution in [3.8, 4) is 17.4 Å². The van der Waals surface area contributed by atoms with Crippen molar-refractivity contribution in [3.63, 3.8) is 0 Å². The molecule has 0 bridgehead atoms. The van der Waals surface area contributed by atoms with Gasteiger partial charge >= 0.3 is 0 Å². The van der Waals surface area contributed by atoms with Gasteiger partial charge < -0.3 is 23.9 Å². The van der Waals surface area contributed by atoms with Crippen molar-refractivity contribution in [2.24, 2.45) is 0 Å². The summed E-state index contributed by atoms with van der Waals surface area (Å²) in [4.78, 5) is 14.4. The van der Waals surface area contributed by atoms with Crippen LogP contribution >= 0.6 is 0 Å². The molecular formula is C20H26N2O5. The van der Waals surface area contributed by atoms with Gasteiger partial charge in [0.25, 0.3) is 11.9 Å². The van der Waals surface area contributed by atoms with E-state index in [1.165, 1.54) is 7.11 Å². The average molecular weight is 374 g/mol. The molecule has 3 rings (SSSR count). The molecule has 146 valence electrons. The van der Waals surface area contributed by atoms with Gasteiger partial charge in [-0.05, 0) is 30.7 Å². The van der Waals surface area contributed by atoms with Crippen LogP contribution in [0.1, 0.15) is 29.5 Å². The Morgan fingerprint density at radius 1 is 1.26 bits per heavy atom. The van der Waals surface area contributed by atoms with Crippen LogP contribution in [0.5, 0.6) is 17.4 Å². The molecule has 1 N–H and O–H groups in total. The first-order valence-corrected chi connectivity index (χ1v) is 9.11. The highest BCUT2D eigenvalue weighted by Crippen LogP contribution is 2.29. The number of carbonyl (C=O) groups excluding carboxylic acids is 1. The minimum absolute atomic E-state index is 0.115. The molecule has 0 saturated heterocycles. The summed E-state index contributed by atoms with van der Waals surface area (Å²) in [6, 6.07) is 9.11. The van der Waals surface area contributed by atoms with Crippen LogP contribution in [0.2, 0.25) is 0 Å². The predicted octanol–water partition coefficient (Wildman–Crippen LogP) is 2.70. The van der Waals surface area contributed by atoms with Crippen LogP contribution in [0, 0.1) is 0 Å². The molecule has 27 heavy (non-hydrogen) atoms. The third-order valence-corrected chi connectivity index (χ3v) is 4.59. The maximum atomic E-state index is 12.2. The van der Waals surface area contributed by atoms with Gasteiger partial charge in [-0.15, -0.1) is 0 Å². The molecule has 1 aliphatic rings. The van der Waals surface area contributed by atoms with E-state index in [9.17, 15) is 4.79 Å². The van der Waals surface area contributed by atoms with Crippen LogP contribution in [0.15, 0.2) is 34.7 Å². The molecule has 0 saturated carbocycles. The lowest BCUT2D eigenvalue weighted by atomic mass is 10.2. The highest BCUT2D eigenvalue weighted by atomic mass is 16.6. The average Bonchev–Trinajstić information content (AvgIpc) is 3.10. The van der Waals surface area contributed by atoms with Gasteiger partial charge in [0, 0.05) is 37.8 Å². The smallest absolute Gasteiger partial charge is 0.287 e. The van der Waals surface area contributed by atoms with Gasteiger partial charge in [0.2, 0.25) is 0 Å². The Morgan fingerprint density at radius 2 is 2.11 bits per heavy atom. The van der Waals surface area contributed by atoms with E-state index in [1.54, 1.807) is 19.2 Å². The van der Waals surface area contributed by atoms with Gasteiger partial charge in [0.05, 0.1) is 14.2 Å². The topological polar surface area (TPSA) is 73.2 Å². The lowest BCUT2D eigenvalue weighted by Crippen LogP contribution is -2.38.